The van der Waals surface area contributed by atoms with E-state index in [1.165, 1.54) is 10.6 Å². The van der Waals surface area contributed by atoms with Crippen molar-refractivity contribution in [2.75, 3.05) is 39.0 Å². The molecule has 1 amide bonds. The molecule has 0 spiro atoms. The van der Waals surface area contributed by atoms with E-state index in [9.17, 15) is 13.2 Å². The molecule has 1 saturated heterocycles. The summed E-state index contributed by atoms with van der Waals surface area (Å²) in [5, 5.41) is 9.05. The Bertz CT molecular complexity index is 671. The first-order valence-corrected chi connectivity index (χ1v) is 10.6. The lowest BCUT2D eigenvalue weighted by molar-refractivity contribution is -0.136. The molecule has 0 bridgehead atoms. The van der Waals surface area contributed by atoms with E-state index < -0.39 is 10.0 Å². The number of sulfonamides is 1. The lowest BCUT2D eigenvalue weighted by Gasteiger charge is -2.36. The summed E-state index contributed by atoms with van der Waals surface area (Å²) < 4.78 is 26.8. The number of hydrogen-bond donors (Lipinski definition) is 1. The highest BCUT2D eigenvalue weighted by Gasteiger charge is 2.31. The van der Waals surface area contributed by atoms with E-state index >= 15 is 0 Å². The summed E-state index contributed by atoms with van der Waals surface area (Å²) >= 11 is 0. The van der Waals surface area contributed by atoms with Crippen LogP contribution in [0.15, 0.2) is 12.1 Å². The average molecular weight is 372 g/mol. The summed E-state index contributed by atoms with van der Waals surface area (Å²) in [6.07, 6.45) is 3.31. The van der Waals surface area contributed by atoms with Crippen molar-refractivity contribution in [2.45, 2.75) is 39.2 Å². The maximum Gasteiger partial charge on any atom is 0.245 e. The van der Waals surface area contributed by atoms with Gasteiger partial charge in [0.1, 0.15) is 6.04 Å². The molecular formula is C17H29N3O4S. The number of aliphatic hydroxyl groups is 1. The molecule has 1 aromatic rings. The smallest absolute Gasteiger partial charge is 0.245 e. The molecule has 142 valence electrons. The van der Waals surface area contributed by atoms with Crippen molar-refractivity contribution in [3.63, 3.8) is 0 Å². The lowest BCUT2D eigenvalue weighted by atomic mass is 10.1. The van der Waals surface area contributed by atoms with Crippen LogP contribution in [0.3, 0.4) is 0 Å². The molecule has 0 unspecified atom stereocenters. The minimum Gasteiger partial charge on any atom is -0.396 e. The van der Waals surface area contributed by atoms with Crippen LogP contribution < -0.4 is 0 Å². The fraction of sp³-hybridized carbons (Fsp3) is 0.706. The van der Waals surface area contributed by atoms with E-state index in [2.05, 4.69) is 4.57 Å². The number of carbonyl (C=O) groups is 1. The third-order valence-corrected chi connectivity index (χ3v) is 6.13. The number of hydrogen-bond acceptors (Lipinski definition) is 4. The number of nitrogens with zero attached hydrogens (tertiary/aromatic N) is 3. The Morgan fingerprint density at radius 1 is 1.12 bits per heavy atom. The first-order valence-electron chi connectivity index (χ1n) is 8.75. The molecule has 1 N–H and O–H groups in total. The van der Waals surface area contributed by atoms with Crippen molar-refractivity contribution in [2.24, 2.45) is 0 Å². The van der Waals surface area contributed by atoms with Gasteiger partial charge in [0.15, 0.2) is 0 Å². The second kappa shape index (κ2) is 8.33. The number of unbranched alkanes of at least 4 members (excludes halogenated alkanes) is 1. The number of aryl methyl sites for hydroxylation is 2. The molecule has 1 aliphatic rings. The summed E-state index contributed by atoms with van der Waals surface area (Å²) in [5.74, 6) is 0.0356. The highest BCUT2D eigenvalue weighted by atomic mass is 32.2. The Morgan fingerprint density at radius 3 is 2.16 bits per heavy atom. The molecule has 8 heteroatoms. The van der Waals surface area contributed by atoms with Gasteiger partial charge in [0.05, 0.1) is 6.26 Å². The van der Waals surface area contributed by atoms with Crippen LogP contribution in [-0.4, -0.2) is 72.2 Å². The predicted molar refractivity (Wildman–Crippen MR) is 96.9 cm³/mol. The Labute approximate surface area is 150 Å². The molecule has 2 heterocycles. The highest BCUT2D eigenvalue weighted by Crippen LogP contribution is 2.24. The summed E-state index contributed by atoms with van der Waals surface area (Å²) in [6.45, 7) is 5.62. The van der Waals surface area contributed by atoms with E-state index in [0.717, 1.165) is 17.8 Å². The van der Waals surface area contributed by atoms with Crippen molar-refractivity contribution in [1.29, 1.82) is 0 Å². The van der Waals surface area contributed by atoms with Gasteiger partial charge in [-0.3, -0.25) is 4.79 Å². The molecular weight excluding hydrogens is 342 g/mol. The van der Waals surface area contributed by atoms with Crippen LogP contribution in [0.1, 0.15) is 36.7 Å². The van der Waals surface area contributed by atoms with Crippen LogP contribution in [0, 0.1) is 13.8 Å². The SMILES string of the molecule is Cc1ccc(C)n1[C@@H](CCCCO)C(=O)N1CCN(S(C)(=O)=O)CC1. The molecule has 0 aromatic carbocycles. The summed E-state index contributed by atoms with van der Waals surface area (Å²) in [7, 11) is -3.21. The van der Waals surface area contributed by atoms with Gasteiger partial charge < -0.3 is 14.6 Å². The molecule has 0 aliphatic carbocycles. The third kappa shape index (κ3) is 4.83. The van der Waals surface area contributed by atoms with Crippen molar-refractivity contribution >= 4 is 15.9 Å². The molecule has 1 fully saturated rings. The summed E-state index contributed by atoms with van der Waals surface area (Å²) in [5.41, 5.74) is 2.07. The molecule has 7 nitrogen and oxygen atoms in total. The van der Waals surface area contributed by atoms with E-state index in [0.29, 0.717) is 39.0 Å². The Morgan fingerprint density at radius 2 is 1.68 bits per heavy atom. The van der Waals surface area contributed by atoms with Gasteiger partial charge in [-0.2, -0.15) is 4.31 Å². The Hall–Kier alpha value is -1.38. The molecule has 2 rings (SSSR count). The zero-order valence-corrected chi connectivity index (χ0v) is 16.1. The van der Waals surface area contributed by atoms with Gasteiger partial charge in [0.25, 0.3) is 0 Å². The fourth-order valence-corrected chi connectivity index (χ4v) is 4.26. The van der Waals surface area contributed by atoms with Crippen molar-refractivity contribution in [3.05, 3.63) is 23.5 Å². The largest absolute Gasteiger partial charge is 0.396 e. The van der Waals surface area contributed by atoms with Gasteiger partial charge in [-0.25, -0.2) is 8.42 Å². The Balaban J connectivity index is 2.13. The van der Waals surface area contributed by atoms with Crippen molar-refractivity contribution < 1.29 is 18.3 Å². The quantitative estimate of drug-likeness (QED) is 0.722. The molecule has 0 saturated carbocycles. The molecule has 25 heavy (non-hydrogen) atoms. The normalized spacial score (nSPS) is 17.7. The maximum absolute atomic E-state index is 13.1. The van der Waals surface area contributed by atoms with Crippen LogP contribution in [0.2, 0.25) is 0 Å². The van der Waals surface area contributed by atoms with E-state index in [1.807, 2.05) is 26.0 Å². The second-order valence-corrected chi connectivity index (χ2v) is 8.69. The number of piperazine rings is 1. The van der Waals surface area contributed by atoms with Gasteiger partial charge in [0, 0.05) is 44.2 Å². The minimum absolute atomic E-state index is 0.0356. The fourth-order valence-electron chi connectivity index (χ4n) is 3.43. The highest BCUT2D eigenvalue weighted by molar-refractivity contribution is 7.88. The van der Waals surface area contributed by atoms with Crippen molar-refractivity contribution in [3.8, 4) is 0 Å². The number of aromatic nitrogens is 1. The lowest BCUT2D eigenvalue weighted by Crippen LogP contribution is -2.52. The number of aliphatic hydroxyl groups excluding tert-OH is 1. The number of carbonyl (C=O) groups excluding carboxylic acids is 1. The van der Waals surface area contributed by atoms with Crippen LogP contribution in [-0.2, 0) is 14.8 Å². The monoisotopic (exact) mass is 371 g/mol. The van der Waals surface area contributed by atoms with Crippen LogP contribution in [0.25, 0.3) is 0 Å². The van der Waals surface area contributed by atoms with Gasteiger partial charge in [-0.1, -0.05) is 0 Å². The summed E-state index contributed by atoms with van der Waals surface area (Å²) in [6, 6.07) is 3.71. The zero-order chi connectivity index (χ0) is 18.6. The van der Waals surface area contributed by atoms with Crippen LogP contribution in [0.5, 0.6) is 0 Å². The molecule has 1 aliphatic heterocycles. The van der Waals surface area contributed by atoms with Gasteiger partial charge in [-0.15, -0.1) is 0 Å². The van der Waals surface area contributed by atoms with Gasteiger partial charge in [-0.05, 0) is 45.2 Å². The van der Waals surface area contributed by atoms with Gasteiger partial charge >= 0.3 is 0 Å². The number of amides is 1. The average Bonchev–Trinajstić information content (AvgIpc) is 2.89. The third-order valence-electron chi connectivity index (χ3n) is 4.83. The maximum atomic E-state index is 13.1. The zero-order valence-electron chi connectivity index (χ0n) is 15.3. The van der Waals surface area contributed by atoms with E-state index in [1.54, 1.807) is 4.90 Å². The predicted octanol–water partition coefficient (Wildman–Crippen LogP) is 0.912. The van der Waals surface area contributed by atoms with E-state index in [4.69, 9.17) is 5.11 Å². The Kier molecular flexibility index (Phi) is 6.65. The first kappa shape index (κ1) is 19.9. The summed E-state index contributed by atoms with van der Waals surface area (Å²) in [4.78, 5) is 14.9. The number of rotatable bonds is 7. The molecule has 0 radical (unpaired) electrons. The van der Waals surface area contributed by atoms with Crippen LogP contribution >= 0.6 is 0 Å². The minimum atomic E-state index is -3.21. The van der Waals surface area contributed by atoms with Crippen molar-refractivity contribution in [1.82, 2.24) is 13.8 Å². The van der Waals surface area contributed by atoms with Gasteiger partial charge in [0.2, 0.25) is 15.9 Å². The second-order valence-electron chi connectivity index (χ2n) is 6.71. The van der Waals surface area contributed by atoms with Crippen LogP contribution in [0.4, 0.5) is 0 Å². The standard InChI is InChI=1S/C17H29N3O4S/c1-14-7-8-15(2)20(14)16(6-4-5-13-21)17(22)18-9-11-19(12-10-18)25(3,23)24/h7-8,16,21H,4-6,9-13H2,1-3H3/t16-/m0/s1. The topological polar surface area (TPSA) is 82.8 Å². The first-order chi connectivity index (χ1) is 11.8. The molecule has 1 atom stereocenters. The van der Waals surface area contributed by atoms with E-state index in [-0.39, 0.29) is 18.6 Å². The molecule has 1 aromatic heterocycles.